The number of piperidine rings is 1. The average molecular weight is 282 g/mol. The number of aromatic nitrogens is 3. The Morgan fingerprint density at radius 2 is 2.17 bits per heavy atom. The largest absolute Gasteiger partial charge is 0.467 e. The van der Waals surface area contributed by atoms with Crippen molar-refractivity contribution in [3.63, 3.8) is 0 Å². The minimum atomic E-state index is 0.279. The molecule has 1 fully saturated rings. The molecule has 2 aromatic rings. The number of thiazole rings is 1. The molecule has 0 aliphatic carbocycles. The third-order valence-electron chi connectivity index (χ3n) is 2.91. The quantitative estimate of drug-likeness (QED) is 0.865. The van der Waals surface area contributed by atoms with E-state index in [0.717, 1.165) is 41.3 Å². The fraction of sp³-hybridized carbons (Fsp3) is 0.545. The Morgan fingerprint density at radius 3 is 2.78 bits per heavy atom. The van der Waals surface area contributed by atoms with Crippen LogP contribution in [0, 0.1) is 6.92 Å². The monoisotopic (exact) mass is 282 g/mol. The Bertz CT molecular complexity index is 491. The third kappa shape index (κ3) is 2.62. The van der Waals surface area contributed by atoms with Crippen molar-refractivity contribution >= 4 is 27.8 Å². The summed E-state index contributed by atoms with van der Waals surface area (Å²) in [5.74, 6) is 0. The molecule has 0 saturated carbocycles. The maximum atomic E-state index is 5.83. The van der Waals surface area contributed by atoms with Gasteiger partial charge in [0.1, 0.15) is 11.1 Å². The van der Waals surface area contributed by atoms with Crippen LogP contribution in [0.5, 0.6) is 5.19 Å². The molecule has 0 bridgehead atoms. The average Bonchev–Trinajstić information content (AvgIpc) is 3.02. The Morgan fingerprint density at radius 1 is 1.33 bits per heavy atom. The Kier molecular flexibility index (Phi) is 3.42. The van der Waals surface area contributed by atoms with Crippen molar-refractivity contribution in [1.82, 2.24) is 15.2 Å². The van der Waals surface area contributed by atoms with Gasteiger partial charge < -0.3 is 9.64 Å². The summed E-state index contributed by atoms with van der Waals surface area (Å²) >= 11 is 3.20. The third-order valence-corrected chi connectivity index (χ3v) is 4.47. The number of aryl methyl sites for hydroxylation is 1. The predicted molar refractivity (Wildman–Crippen MR) is 72.6 cm³/mol. The number of nitrogens with zero attached hydrogens (tertiary/aromatic N) is 4. The van der Waals surface area contributed by atoms with Gasteiger partial charge in [-0.1, -0.05) is 22.7 Å². The van der Waals surface area contributed by atoms with Crippen molar-refractivity contribution in [2.75, 3.05) is 18.0 Å². The predicted octanol–water partition coefficient (Wildman–Crippen LogP) is 2.35. The van der Waals surface area contributed by atoms with Gasteiger partial charge in [0, 0.05) is 37.5 Å². The van der Waals surface area contributed by atoms with Crippen LogP contribution in [-0.4, -0.2) is 34.4 Å². The molecule has 7 heteroatoms. The first-order chi connectivity index (χ1) is 8.81. The summed E-state index contributed by atoms with van der Waals surface area (Å²) in [4.78, 5) is 6.44. The standard InChI is InChI=1S/C11H14N4OS2/c1-8-13-14-10(18-8)15-5-2-9(3-6-15)16-11-12-4-7-17-11/h4,7,9H,2-3,5-6H2,1H3. The van der Waals surface area contributed by atoms with E-state index in [2.05, 4.69) is 20.1 Å². The minimum absolute atomic E-state index is 0.279. The fourth-order valence-corrected chi connectivity index (χ4v) is 3.28. The van der Waals surface area contributed by atoms with Crippen LogP contribution in [0.1, 0.15) is 17.8 Å². The maximum Gasteiger partial charge on any atom is 0.273 e. The van der Waals surface area contributed by atoms with Gasteiger partial charge in [0.05, 0.1) is 0 Å². The molecule has 0 unspecified atom stereocenters. The first-order valence-electron chi connectivity index (χ1n) is 5.92. The van der Waals surface area contributed by atoms with E-state index in [-0.39, 0.29) is 6.10 Å². The molecule has 1 aliphatic heterocycles. The summed E-state index contributed by atoms with van der Waals surface area (Å²) in [6.45, 7) is 3.94. The first kappa shape index (κ1) is 11.9. The zero-order valence-corrected chi connectivity index (χ0v) is 11.7. The number of hydrogen-bond acceptors (Lipinski definition) is 7. The summed E-state index contributed by atoms with van der Waals surface area (Å²) in [5.41, 5.74) is 0. The second-order valence-corrected chi connectivity index (χ2v) is 6.22. The second-order valence-electron chi connectivity index (χ2n) is 4.21. The van der Waals surface area contributed by atoms with Gasteiger partial charge >= 0.3 is 0 Å². The SMILES string of the molecule is Cc1nnc(N2CCC(Oc3nccs3)CC2)s1. The van der Waals surface area contributed by atoms with Crippen molar-refractivity contribution in [3.8, 4) is 5.19 Å². The van der Waals surface area contributed by atoms with Crippen LogP contribution in [0.25, 0.3) is 0 Å². The lowest BCUT2D eigenvalue weighted by Gasteiger charge is -2.30. The molecule has 0 aromatic carbocycles. The molecule has 0 radical (unpaired) electrons. The topological polar surface area (TPSA) is 51.1 Å². The zero-order chi connectivity index (χ0) is 12.4. The molecular weight excluding hydrogens is 268 g/mol. The molecule has 18 heavy (non-hydrogen) atoms. The molecule has 0 amide bonds. The number of rotatable bonds is 3. The molecule has 0 spiro atoms. The van der Waals surface area contributed by atoms with E-state index in [9.17, 15) is 0 Å². The van der Waals surface area contributed by atoms with Gasteiger partial charge in [-0.15, -0.1) is 10.2 Å². The lowest BCUT2D eigenvalue weighted by atomic mass is 10.1. The molecule has 0 atom stereocenters. The van der Waals surface area contributed by atoms with Crippen molar-refractivity contribution in [2.45, 2.75) is 25.9 Å². The highest BCUT2D eigenvalue weighted by molar-refractivity contribution is 7.15. The van der Waals surface area contributed by atoms with Crippen LogP contribution in [-0.2, 0) is 0 Å². The summed E-state index contributed by atoms with van der Waals surface area (Å²) in [6.07, 6.45) is 4.08. The molecule has 2 aromatic heterocycles. The summed E-state index contributed by atoms with van der Waals surface area (Å²) in [6, 6.07) is 0. The van der Waals surface area contributed by atoms with E-state index >= 15 is 0 Å². The molecule has 3 rings (SSSR count). The molecule has 5 nitrogen and oxygen atoms in total. The number of ether oxygens (including phenoxy) is 1. The second kappa shape index (κ2) is 5.19. The highest BCUT2D eigenvalue weighted by Gasteiger charge is 2.23. The van der Waals surface area contributed by atoms with E-state index < -0.39 is 0 Å². The lowest BCUT2D eigenvalue weighted by Crippen LogP contribution is -2.38. The van der Waals surface area contributed by atoms with E-state index in [4.69, 9.17) is 4.74 Å². The van der Waals surface area contributed by atoms with Gasteiger partial charge in [0.25, 0.3) is 5.19 Å². The van der Waals surface area contributed by atoms with Crippen LogP contribution in [0.4, 0.5) is 5.13 Å². The lowest BCUT2D eigenvalue weighted by molar-refractivity contribution is 0.170. The van der Waals surface area contributed by atoms with Crippen molar-refractivity contribution < 1.29 is 4.74 Å². The summed E-state index contributed by atoms with van der Waals surface area (Å²) < 4.78 is 5.83. The molecule has 96 valence electrons. The van der Waals surface area contributed by atoms with E-state index in [1.165, 1.54) is 0 Å². The zero-order valence-electron chi connectivity index (χ0n) is 10.1. The van der Waals surface area contributed by atoms with Crippen LogP contribution in [0.3, 0.4) is 0 Å². The van der Waals surface area contributed by atoms with E-state index in [1.54, 1.807) is 28.9 Å². The van der Waals surface area contributed by atoms with Crippen molar-refractivity contribution in [1.29, 1.82) is 0 Å². The highest BCUT2D eigenvalue weighted by atomic mass is 32.1. The van der Waals surface area contributed by atoms with Crippen LogP contribution in [0.15, 0.2) is 11.6 Å². The van der Waals surface area contributed by atoms with Crippen molar-refractivity contribution in [3.05, 3.63) is 16.6 Å². The number of hydrogen-bond donors (Lipinski definition) is 0. The molecular formula is C11H14N4OS2. The highest BCUT2D eigenvalue weighted by Crippen LogP contribution is 2.25. The number of anilines is 1. The van der Waals surface area contributed by atoms with Gasteiger partial charge in [0.15, 0.2) is 0 Å². The smallest absolute Gasteiger partial charge is 0.273 e. The summed E-state index contributed by atoms with van der Waals surface area (Å²) in [5, 5.41) is 13.0. The minimum Gasteiger partial charge on any atom is -0.467 e. The first-order valence-corrected chi connectivity index (χ1v) is 7.62. The van der Waals surface area contributed by atoms with Gasteiger partial charge in [-0.2, -0.15) is 0 Å². The molecule has 0 N–H and O–H groups in total. The van der Waals surface area contributed by atoms with E-state index in [0.29, 0.717) is 0 Å². The van der Waals surface area contributed by atoms with Crippen molar-refractivity contribution in [2.24, 2.45) is 0 Å². The van der Waals surface area contributed by atoms with Gasteiger partial charge in [-0.05, 0) is 6.92 Å². The van der Waals surface area contributed by atoms with Gasteiger partial charge in [0.2, 0.25) is 5.13 Å². The molecule has 1 aliphatic rings. The van der Waals surface area contributed by atoms with Crippen LogP contribution in [0.2, 0.25) is 0 Å². The fourth-order valence-electron chi connectivity index (χ4n) is 1.99. The molecule has 3 heterocycles. The van der Waals surface area contributed by atoms with Crippen LogP contribution >= 0.6 is 22.7 Å². The Labute approximate surface area is 113 Å². The van der Waals surface area contributed by atoms with Gasteiger partial charge in [-0.3, -0.25) is 0 Å². The Balaban J connectivity index is 1.55. The van der Waals surface area contributed by atoms with Gasteiger partial charge in [-0.25, -0.2) is 4.98 Å². The normalized spacial score (nSPS) is 17.1. The Hall–Kier alpha value is -1.21. The van der Waals surface area contributed by atoms with Crippen LogP contribution < -0.4 is 9.64 Å². The molecule has 1 saturated heterocycles. The summed E-state index contributed by atoms with van der Waals surface area (Å²) in [7, 11) is 0. The maximum absolute atomic E-state index is 5.83. The van der Waals surface area contributed by atoms with E-state index in [1.807, 2.05) is 12.3 Å².